The normalized spacial score (nSPS) is 24.4. The summed E-state index contributed by atoms with van der Waals surface area (Å²) in [7, 11) is 0. The van der Waals surface area contributed by atoms with E-state index >= 15 is 0 Å². The van der Waals surface area contributed by atoms with E-state index in [1.54, 1.807) is 0 Å². The van der Waals surface area contributed by atoms with Crippen molar-refractivity contribution < 1.29 is 13.9 Å². The Morgan fingerprint density at radius 2 is 2.26 bits per heavy atom. The van der Waals surface area contributed by atoms with Crippen LogP contribution in [0.3, 0.4) is 0 Å². The Bertz CT molecular complexity index is 432. The highest BCUT2D eigenvalue weighted by molar-refractivity contribution is 5.34. The Hall–Kier alpha value is -1.34. The van der Waals surface area contributed by atoms with Crippen molar-refractivity contribution in [3.05, 3.63) is 18.1 Å². The van der Waals surface area contributed by atoms with Crippen LogP contribution in [-0.2, 0) is 0 Å². The molecule has 5 nitrogen and oxygen atoms in total. The summed E-state index contributed by atoms with van der Waals surface area (Å²) in [5, 5.41) is 12.7. The molecule has 0 spiro atoms. The molecule has 1 aromatic heterocycles. The van der Waals surface area contributed by atoms with Crippen molar-refractivity contribution in [2.75, 3.05) is 31.5 Å². The maximum atomic E-state index is 13.3. The topological polar surface area (TPSA) is 61.3 Å². The lowest BCUT2D eigenvalue weighted by Crippen LogP contribution is -2.45. The van der Waals surface area contributed by atoms with Crippen LogP contribution >= 0.6 is 0 Å². The lowest BCUT2D eigenvalue weighted by atomic mass is 9.94. The number of rotatable bonds is 4. The number of hydrogen-bond acceptors (Lipinski definition) is 5. The van der Waals surface area contributed by atoms with Crippen molar-refractivity contribution in [2.45, 2.75) is 19.4 Å². The standard InChI is InChI=1S/C12H18F2N4O/c1-2-18-4-3-8(9(19)6-18)5-15-12-10(13)11(14)16-7-17-12/h7-9,19H,2-6H2,1H3,(H,15,16,17)/t8-,9+/m0/s1. The number of aliphatic hydroxyl groups is 1. The van der Waals surface area contributed by atoms with Crippen LogP contribution in [0.2, 0.25) is 0 Å². The van der Waals surface area contributed by atoms with Crippen molar-refractivity contribution in [1.29, 1.82) is 0 Å². The van der Waals surface area contributed by atoms with Gasteiger partial charge < -0.3 is 15.3 Å². The van der Waals surface area contributed by atoms with Crippen molar-refractivity contribution >= 4 is 5.82 Å². The van der Waals surface area contributed by atoms with Crippen LogP contribution < -0.4 is 5.32 Å². The van der Waals surface area contributed by atoms with Crippen molar-refractivity contribution in [2.24, 2.45) is 5.92 Å². The van der Waals surface area contributed by atoms with Crippen molar-refractivity contribution in [3.8, 4) is 0 Å². The molecule has 0 bridgehead atoms. The predicted molar refractivity (Wildman–Crippen MR) is 66.7 cm³/mol. The van der Waals surface area contributed by atoms with Crippen LogP contribution in [0.4, 0.5) is 14.6 Å². The van der Waals surface area contributed by atoms with Gasteiger partial charge in [0.1, 0.15) is 6.33 Å². The quantitative estimate of drug-likeness (QED) is 0.796. The molecule has 1 aliphatic heterocycles. The second-order valence-corrected chi connectivity index (χ2v) is 4.72. The molecular formula is C12H18F2N4O. The minimum Gasteiger partial charge on any atom is -0.391 e. The molecule has 1 aliphatic rings. The van der Waals surface area contributed by atoms with Crippen LogP contribution in [0.15, 0.2) is 6.33 Å². The van der Waals surface area contributed by atoms with Gasteiger partial charge in [-0.1, -0.05) is 6.92 Å². The van der Waals surface area contributed by atoms with Crippen LogP contribution in [0, 0.1) is 17.7 Å². The lowest BCUT2D eigenvalue weighted by molar-refractivity contribution is 0.0292. The molecule has 1 aromatic rings. The number of nitrogens with zero attached hydrogens (tertiary/aromatic N) is 3. The summed E-state index contributed by atoms with van der Waals surface area (Å²) in [4.78, 5) is 8.93. The zero-order chi connectivity index (χ0) is 13.8. The molecule has 0 unspecified atom stereocenters. The second-order valence-electron chi connectivity index (χ2n) is 4.72. The highest BCUT2D eigenvalue weighted by Gasteiger charge is 2.27. The summed E-state index contributed by atoms with van der Waals surface area (Å²) in [6.45, 7) is 4.84. The zero-order valence-electron chi connectivity index (χ0n) is 10.8. The fraction of sp³-hybridized carbons (Fsp3) is 0.667. The highest BCUT2D eigenvalue weighted by Crippen LogP contribution is 2.19. The summed E-state index contributed by atoms with van der Waals surface area (Å²) in [5.74, 6) is -2.39. The first-order chi connectivity index (χ1) is 9.11. The highest BCUT2D eigenvalue weighted by atomic mass is 19.2. The van der Waals surface area contributed by atoms with Gasteiger partial charge in [-0.3, -0.25) is 0 Å². The van der Waals surface area contributed by atoms with E-state index < -0.39 is 17.9 Å². The van der Waals surface area contributed by atoms with E-state index in [1.165, 1.54) is 0 Å². The van der Waals surface area contributed by atoms with E-state index in [0.29, 0.717) is 13.1 Å². The molecule has 19 heavy (non-hydrogen) atoms. The van der Waals surface area contributed by atoms with E-state index in [0.717, 1.165) is 25.8 Å². The Morgan fingerprint density at radius 1 is 1.47 bits per heavy atom. The molecule has 0 amide bonds. The minimum atomic E-state index is -1.17. The molecule has 106 valence electrons. The van der Waals surface area contributed by atoms with Crippen molar-refractivity contribution in [1.82, 2.24) is 14.9 Å². The zero-order valence-corrected chi connectivity index (χ0v) is 10.8. The smallest absolute Gasteiger partial charge is 0.254 e. The van der Waals surface area contributed by atoms with Gasteiger partial charge >= 0.3 is 0 Å². The minimum absolute atomic E-state index is 0.0141. The van der Waals surface area contributed by atoms with E-state index in [4.69, 9.17) is 0 Å². The Balaban J connectivity index is 1.90. The fourth-order valence-electron chi connectivity index (χ4n) is 2.27. The van der Waals surface area contributed by atoms with Crippen LogP contribution in [0.1, 0.15) is 13.3 Å². The molecule has 1 fully saturated rings. The van der Waals surface area contributed by atoms with E-state index in [1.807, 2.05) is 6.92 Å². The summed E-state index contributed by atoms with van der Waals surface area (Å²) < 4.78 is 26.2. The van der Waals surface area contributed by atoms with E-state index in [9.17, 15) is 13.9 Å². The van der Waals surface area contributed by atoms with E-state index in [-0.39, 0.29) is 11.7 Å². The van der Waals surface area contributed by atoms with Crippen LogP contribution in [0.5, 0.6) is 0 Å². The van der Waals surface area contributed by atoms with Gasteiger partial charge in [0.15, 0.2) is 5.82 Å². The summed E-state index contributed by atoms with van der Waals surface area (Å²) >= 11 is 0. The van der Waals surface area contributed by atoms with Gasteiger partial charge in [0.05, 0.1) is 6.10 Å². The molecule has 0 aromatic carbocycles. The molecular weight excluding hydrogens is 254 g/mol. The average molecular weight is 272 g/mol. The lowest BCUT2D eigenvalue weighted by Gasteiger charge is -2.35. The second kappa shape index (κ2) is 6.21. The Kier molecular flexibility index (Phi) is 4.60. The van der Waals surface area contributed by atoms with Crippen LogP contribution in [-0.4, -0.2) is 52.3 Å². The largest absolute Gasteiger partial charge is 0.391 e. The maximum absolute atomic E-state index is 13.3. The first-order valence-corrected chi connectivity index (χ1v) is 6.42. The van der Waals surface area contributed by atoms with Gasteiger partial charge in [-0.2, -0.15) is 8.78 Å². The Morgan fingerprint density at radius 3 is 2.95 bits per heavy atom. The van der Waals surface area contributed by atoms with Gasteiger partial charge in [-0.25, -0.2) is 9.97 Å². The molecule has 2 rings (SSSR count). The molecule has 0 saturated carbocycles. The average Bonchev–Trinajstić information content (AvgIpc) is 2.41. The number of nitrogens with one attached hydrogen (secondary N) is 1. The molecule has 2 atom stereocenters. The SMILES string of the molecule is CCN1CC[C@@H](CNc2ncnc(F)c2F)[C@H](O)C1. The third kappa shape index (κ3) is 3.36. The maximum Gasteiger partial charge on any atom is 0.254 e. The summed E-state index contributed by atoms with van der Waals surface area (Å²) in [6.07, 6.45) is 1.32. The molecule has 0 aliphatic carbocycles. The first-order valence-electron chi connectivity index (χ1n) is 6.42. The third-order valence-electron chi connectivity index (χ3n) is 3.53. The number of hydrogen-bond donors (Lipinski definition) is 2. The summed E-state index contributed by atoms with van der Waals surface area (Å²) in [5.41, 5.74) is 0. The number of aromatic nitrogens is 2. The monoisotopic (exact) mass is 272 g/mol. The van der Waals surface area contributed by atoms with Gasteiger partial charge in [0.2, 0.25) is 5.82 Å². The van der Waals surface area contributed by atoms with Crippen LogP contribution in [0.25, 0.3) is 0 Å². The molecule has 1 saturated heterocycles. The van der Waals surface area contributed by atoms with Gasteiger partial charge in [-0.05, 0) is 19.5 Å². The number of halogens is 2. The number of likely N-dealkylation sites (N-methyl/N-ethyl adjacent to an activating group) is 1. The number of piperidine rings is 1. The van der Waals surface area contributed by atoms with Crippen molar-refractivity contribution in [3.63, 3.8) is 0 Å². The fourth-order valence-corrected chi connectivity index (χ4v) is 2.27. The van der Waals surface area contributed by atoms with E-state index in [2.05, 4.69) is 20.2 Å². The molecule has 0 radical (unpaired) electrons. The molecule has 7 heteroatoms. The predicted octanol–water partition coefficient (Wildman–Crippen LogP) is 0.869. The summed E-state index contributed by atoms with van der Waals surface area (Å²) in [6, 6.07) is 0. The number of β-amino-alcohol motifs (C(OH)–C–C–N with tert-alkyl or cyclic N) is 1. The van der Waals surface area contributed by atoms with Gasteiger partial charge in [0.25, 0.3) is 5.95 Å². The third-order valence-corrected chi connectivity index (χ3v) is 3.53. The number of likely N-dealkylation sites (tertiary alicyclic amines) is 1. The molecule has 2 heterocycles. The first kappa shape index (κ1) is 14.1. The van der Waals surface area contributed by atoms with Gasteiger partial charge in [0, 0.05) is 19.0 Å². The number of anilines is 1. The Labute approximate surface area is 110 Å². The number of aliphatic hydroxyl groups excluding tert-OH is 1. The van der Waals surface area contributed by atoms with Gasteiger partial charge in [-0.15, -0.1) is 0 Å². The molecule has 2 N–H and O–H groups in total.